The summed E-state index contributed by atoms with van der Waals surface area (Å²) >= 11 is 3.06. The number of nitrogens with zero attached hydrogens (tertiary/aromatic N) is 2. The molecule has 2 unspecified atom stereocenters. The predicted molar refractivity (Wildman–Crippen MR) is 73.3 cm³/mol. The molecule has 9 heteroatoms. The van der Waals surface area contributed by atoms with Crippen LogP contribution in [0.2, 0.25) is 0 Å². The fraction of sp³-hybridized carbons (Fsp3) is 0.333. The molecular weight excluding hydrogens is 348 g/mol. The molecule has 0 bridgehead atoms. The first-order valence-electron chi connectivity index (χ1n) is 5.92. The van der Waals surface area contributed by atoms with Crippen LogP contribution in [0.25, 0.3) is 0 Å². The number of imide groups is 1. The van der Waals surface area contributed by atoms with Gasteiger partial charge in [-0.25, -0.2) is 0 Å². The van der Waals surface area contributed by atoms with E-state index in [0.29, 0.717) is 5.56 Å². The Kier molecular flexibility index (Phi) is 4.66. The maximum atomic E-state index is 11.7. The summed E-state index contributed by atoms with van der Waals surface area (Å²) in [5.74, 6) is -1.24. The Labute approximate surface area is 127 Å². The van der Waals surface area contributed by atoms with Gasteiger partial charge < -0.3 is 9.84 Å². The SMILES string of the molecule is O=C1C(Br)CN1C(=O)C(O)OCc1ccc([N+](=O)[O-])cc1. The van der Waals surface area contributed by atoms with Crippen LogP contribution >= 0.6 is 15.9 Å². The van der Waals surface area contributed by atoms with Crippen molar-refractivity contribution in [3.63, 3.8) is 0 Å². The fourth-order valence-electron chi connectivity index (χ4n) is 1.68. The van der Waals surface area contributed by atoms with Gasteiger partial charge in [-0.1, -0.05) is 15.9 Å². The number of carbonyl (C=O) groups excluding carboxylic acids is 2. The van der Waals surface area contributed by atoms with E-state index in [1.807, 2.05) is 0 Å². The molecule has 2 atom stereocenters. The summed E-state index contributed by atoms with van der Waals surface area (Å²) in [6, 6.07) is 5.50. The smallest absolute Gasteiger partial charge is 0.286 e. The number of aliphatic hydroxyl groups is 1. The number of benzene rings is 1. The molecule has 112 valence electrons. The average Bonchev–Trinajstić information content (AvgIpc) is 2.49. The molecular formula is C12H11BrN2O6. The third-order valence-corrected chi connectivity index (χ3v) is 3.59. The number of β-lactam (4-membered cyclic amide) rings is 1. The number of hydrogen-bond acceptors (Lipinski definition) is 6. The van der Waals surface area contributed by atoms with Gasteiger partial charge in [0.1, 0.15) is 4.83 Å². The summed E-state index contributed by atoms with van der Waals surface area (Å²) in [5, 5.41) is 20.1. The predicted octanol–water partition coefficient (Wildman–Crippen LogP) is 0.562. The highest BCUT2D eigenvalue weighted by atomic mass is 79.9. The van der Waals surface area contributed by atoms with Crippen molar-refractivity contribution in [2.24, 2.45) is 0 Å². The minimum Gasteiger partial charge on any atom is -0.360 e. The number of alkyl halides is 1. The van der Waals surface area contributed by atoms with E-state index in [2.05, 4.69) is 15.9 Å². The highest BCUT2D eigenvalue weighted by Gasteiger charge is 2.41. The molecule has 8 nitrogen and oxygen atoms in total. The van der Waals surface area contributed by atoms with Gasteiger partial charge in [-0.3, -0.25) is 24.6 Å². The highest BCUT2D eigenvalue weighted by molar-refractivity contribution is 9.10. The lowest BCUT2D eigenvalue weighted by molar-refractivity contribution is -0.384. The molecule has 1 aromatic carbocycles. The second kappa shape index (κ2) is 6.29. The molecule has 1 saturated heterocycles. The third-order valence-electron chi connectivity index (χ3n) is 2.91. The molecule has 0 aliphatic carbocycles. The molecule has 1 heterocycles. The van der Waals surface area contributed by atoms with Gasteiger partial charge in [-0.15, -0.1) is 0 Å². The lowest BCUT2D eigenvalue weighted by atomic mass is 10.2. The van der Waals surface area contributed by atoms with Crippen LogP contribution in [0.15, 0.2) is 24.3 Å². The molecule has 1 aliphatic rings. The first kappa shape index (κ1) is 15.5. The summed E-state index contributed by atoms with van der Waals surface area (Å²) in [5.41, 5.74) is 0.491. The van der Waals surface area contributed by atoms with Gasteiger partial charge in [0.05, 0.1) is 18.1 Å². The van der Waals surface area contributed by atoms with Gasteiger partial charge in [0.15, 0.2) is 0 Å². The van der Waals surface area contributed by atoms with Crippen molar-refractivity contribution in [3.05, 3.63) is 39.9 Å². The lowest BCUT2D eigenvalue weighted by Gasteiger charge is -2.34. The van der Waals surface area contributed by atoms with E-state index in [1.54, 1.807) is 0 Å². The van der Waals surface area contributed by atoms with Gasteiger partial charge >= 0.3 is 0 Å². The van der Waals surface area contributed by atoms with Crippen LogP contribution in [0, 0.1) is 10.1 Å². The average molecular weight is 359 g/mol. The van der Waals surface area contributed by atoms with Crippen molar-refractivity contribution in [1.29, 1.82) is 0 Å². The minimum absolute atomic E-state index is 0.0649. The van der Waals surface area contributed by atoms with Crippen molar-refractivity contribution in [1.82, 2.24) is 4.90 Å². The molecule has 0 saturated carbocycles. The van der Waals surface area contributed by atoms with E-state index in [4.69, 9.17) is 4.74 Å². The molecule has 2 amide bonds. The van der Waals surface area contributed by atoms with Crippen molar-refractivity contribution in [2.75, 3.05) is 6.54 Å². The normalized spacial score (nSPS) is 19.0. The highest BCUT2D eigenvalue weighted by Crippen LogP contribution is 2.19. The van der Waals surface area contributed by atoms with E-state index >= 15 is 0 Å². The zero-order valence-electron chi connectivity index (χ0n) is 10.6. The van der Waals surface area contributed by atoms with Gasteiger partial charge in [0, 0.05) is 12.1 Å². The second-order valence-corrected chi connectivity index (χ2v) is 5.45. The van der Waals surface area contributed by atoms with Crippen LogP contribution in [0.5, 0.6) is 0 Å². The topological polar surface area (TPSA) is 110 Å². The van der Waals surface area contributed by atoms with E-state index in [-0.39, 0.29) is 18.8 Å². The first-order valence-corrected chi connectivity index (χ1v) is 6.84. The van der Waals surface area contributed by atoms with Gasteiger partial charge in [0.25, 0.3) is 11.6 Å². The summed E-state index contributed by atoms with van der Waals surface area (Å²) < 4.78 is 4.96. The Morgan fingerprint density at radius 3 is 2.62 bits per heavy atom. The molecule has 1 aromatic rings. The number of ether oxygens (including phenoxy) is 1. The lowest BCUT2D eigenvalue weighted by Crippen LogP contribution is -2.59. The minimum atomic E-state index is -1.75. The number of carbonyl (C=O) groups is 2. The molecule has 2 rings (SSSR count). The standard InChI is InChI=1S/C12H11BrN2O6/c13-9-5-14(10(9)16)11(17)12(18)21-6-7-1-3-8(4-2-7)15(19)20/h1-4,9,12,18H,5-6H2. The zero-order chi connectivity index (χ0) is 15.6. The van der Waals surface area contributed by atoms with Crippen LogP contribution in [0.3, 0.4) is 0 Å². The van der Waals surface area contributed by atoms with Crippen LogP contribution in [-0.4, -0.2) is 44.4 Å². The van der Waals surface area contributed by atoms with Gasteiger partial charge in [-0.05, 0) is 17.7 Å². The Hall–Kier alpha value is -1.84. The molecule has 0 radical (unpaired) electrons. The van der Waals surface area contributed by atoms with Crippen LogP contribution in [0.1, 0.15) is 5.56 Å². The Morgan fingerprint density at radius 1 is 1.52 bits per heavy atom. The number of hydrogen-bond donors (Lipinski definition) is 1. The number of halogens is 1. The number of aliphatic hydroxyl groups excluding tert-OH is 1. The maximum absolute atomic E-state index is 11.7. The van der Waals surface area contributed by atoms with Crippen molar-refractivity contribution in [3.8, 4) is 0 Å². The molecule has 21 heavy (non-hydrogen) atoms. The third kappa shape index (κ3) is 3.43. The molecule has 0 spiro atoms. The van der Waals surface area contributed by atoms with E-state index in [0.717, 1.165) is 4.90 Å². The maximum Gasteiger partial charge on any atom is 0.286 e. The number of rotatable bonds is 5. The largest absolute Gasteiger partial charge is 0.360 e. The van der Waals surface area contributed by atoms with Crippen LogP contribution in [0.4, 0.5) is 5.69 Å². The Balaban J connectivity index is 1.86. The van der Waals surface area contributed by atoms with Crippen molar-refractivity contribution in [2.45, 2.75) is 17.7 Å². The van der Waals surface area contributed by atoms with E-state index in [9.17, 15) is 24.8 Å². The second-order valence-electron chi connectivity index (χ2n) is 4.34. The number of amides is 2. The summed E-state index contributed by atoms with van der Waals surface area (Å²) in [6.45, 7) is 0.0836. The van der Waals surface area contributed by atoms with E-state index in [1.165, 1.54) is 24.3 Å². The van der Waals surface area contributed by atoms with Crippen molar-refractivity contribution >= 4 is 33.4 Å². The number of likely N-dealkylation sites (tertiary alicyclic amines) is 1. The van der Waals surface area contributed by atoms with Gasteiger partial charge in [0.2, 0.25) is 12.2 Å². The molecule has 1 N–H and O–H groups in total. The monoisotopic (exact) mass is 358 g/mol. The fourth-order valence-corrected chi connectivity index (χ4v) is 2.21. The number of nitro groups is 1. The number of nitro benzene ring substituents is 1. The summed E-state index contributed by atoms with van der Waals surface area (Å²) in [7, 11) is 0. The quantitative estimate of drug-likeness (QED) is 0.271. The van der Waals surface area contributed by atoms with E-state index < -0.39 is 27.9 Å². The summed E-state index contributed by atoms with van der Waals surface area (Å²) in [6.07, 6.45) is -1.75. The number of non-ortho nitro benzene ring substituents is 1. The van der Waals surface area contributed by atoms with Crippen LogP contribution < -0.4 is 0 Å². The Bertz CT molecular complexity index is 576. The van der Waals surface area contributed by atoms with Crippen LogP contribution in [-0.2, 0) is 20.9 Å². The molecule has 1 aliphatic heterocycles. The summed E-state index contributed by atoms with van der Waals surface area (Å²) in [4.78, 5) is 33.4. The molecule has 1 fully saturated rings. The Morgan fingerprint density at radius 2 is 2.14 bits per heavy atom. The zero-order valence-corrected chi connectivity index (χ0v) is 12.2. The molecule has 0 aromatic heterocycles. The first-order chi connectivity index (χ1) is 9.90. The van der Waals surface area contributed by atoms with Crippen molar-refractivity contribution < 1.29 is 24.4 Å². The van der Waals surface area contributed by atoms with Gasteiger partial charge in [-0.2, -0.15) is 0 Å².